The van der Waals surface area contributed by atoms with Gasteiger partial charge in [-0.05, 0) is 18.9 Å². The summed E-state index contributed by atoms with van der Waals surface area (Å²) in [5, 5.41) is 3.73. The first-order chi connectivity index (χ1) is 10.0. The molecule has 0 saturated carbocycles. The summed E-state index contributed by atoms with van der Waals surface area (Å²) >= 11 is 6.20. The second-order valence-corrected chi connectivity index (χ2v) is 7.85. The van der Waals surface area contributed by atoms with Crippen LogP contribution in [0, 0.1) is 0 Å². The third kappa shape index (κ3) is 2.53. The van der Waals surface area contributed by atoms with Crippen LogP contribution >= 0.6 is 11.6 Å². The van der Waals surface area contributed by atoms with Gasteiger partial charge in [-0.25, -0.2) is 8.42 Å². The standard InChI is InChI=1S/C14H15ClN2O3S/c15-10-6-2-1-5-9(10)12-13(17-20-14(12)16)11-7-3-4-8-21(11,18)19/h1-2,5-6,11H,3-4,7-8,16H2. The average molecular weight is 327 g/mol. The van der Waals surface area contributed by atoms with Crippen molar-refractivity contribution in [3.8, 4) is 11.1 Å². The predicted molar refractivity (Wildman–Crippen MR) is 81.7 cm³/mol. The molecule has 1 aromatic carbocycles. The highest BCUT2D eigenvalue weighted by Crippen LogP contribution is 2.42. The maximum absolute atomic E-state index is 12.3. The smallest absolute Gasteiger partial charge is 0.230 e. The highest BCUT2D eigenvalue weighted by molar-refractivity contribution is 7.91. The molecule has 1 unspecified atom stereocenters. The Labute approximate surface area is 128 Å². The number of rotatable bonds is 2. The molecule has 1 aliphatic heterocycles. The van der Waals surface area contributed by atoms with Gasteiger partial charge in [0.25, 0.3) is 0 Å². The SMILES string of the molecule is Nc1onc(C2CCCCS2(=O)=O)c1-c1ccccc1Cl. The number of nitrogens with two attached hydrogens (primary N) is 1. The molecule has 2 heterocycles. The van der Waals surface area contributed by atoms with Crippen molar-refractivity contribution in [3.05, 3.63) is 35.0 Å². The van der Waals surface area contributed by atoms with Gasteiger partial charge in [-0.3, -0.25) is 0 Å². The van der Waals surface area contributed by atoms with Crippen LogP contribution in [-0.2, 0) is 9.84 Å². The first-order valence-corrected chi connectivity index (χ1v) is 8.81. The Hall–Kier alpha value is -1.53. The molecule has 5 nitrogen and oxygen atoms in total. The second kappa shape index (κ2) is 5.35. The van der Waals surface area contributed by atoms with Crippen molar-refractivity contribution >= 4 is 27.3 Å². The normalized spacial score (nSPS) is 21.3. The maximum atomic E-state index is 12.3. The van der Waals surface area contributed by atoms with Crippen LogP contribution in [-0.4, -0.2) is 19.3 Å². The summed E-state index contributed by atoms with van der Waals surface area (Å²) in [6.45, 7) is 0. The molecule has 0 aliphatic carbocycles. The number of sulfone groups is 1. The maximum Gasteiger partial charge on any atom is 0.230 e. The van der Waals surface area contributed by atoms with Crippen molar-refractivity contribution in [1.29, 1.82) is 0 Å². The number of anilines is 1. The summed E-state index contributed by atoms with van der Waals surface area (Å²) in [7, 11) is -3.23. The summed E-state index contributed by atoms with van der Waals surface area (Å²) < 4.78 is 29.7. The largest absolute Gasteiger partial charge is 0.367 e. The van der Waals surface area contributed by atoms with Crippen LogP contribution in [0.5, 0.6) is 0 Å². The highest BCUT2D eigenvalue weighted by atomic mass is 35.5. The van der Waals surface area contributed by atoms with Crippen molar-refractivity contribution in [2.45, 2.75) is 24.5 Å². The summed E-state index contributed by atoms with van der Waals surface area (Å²) in [6.07, 6.45) is 2.07. The number of halogens is 1. The van der Waals surface area contributed by atoms with E-state index in [1.54, 1.807) is 18.2 Å². The van der Waals surface area contributed by atoms with E-state index < -0.39 is 15.1 Å². The molecular formula is C14H15ClN2O3S. The monoisotopic (exact) mass is 326 g/mol. The van der Waals surface area contributed by atoms with Crippen LogP contribution in [0.25, 0.3) is 11.1 Å². The number of nitrogens with zero attached hydrogens (tertiary/aromatic N) is 1. The molecule has 0 bridgehead atoms. The Kier molecular flexibility index (Phi) is 3.67. The molecule has 7 heteroatoms. The Morgan fingerprint density at radius 3 is 2.76 bits per heavy atom. The fourth-order valence-electron chi connectivity index (χ4n) is 2.73. The first-order valence-electron chi connectivity index (χ1n) is 6.72. The van der Waals surface area contributed by atoms with Crippen molar-refractivity contribution < 1.29 is 12.9 Å². The van der Waals surface area contributed by atoms with Crippen LogP contribution in [0.15, 0.2) is 28.8 Å². The minimum atomic E-state index is -3.23. The molecular weight excluding hydrogens is 312 g/mol. The number of hydrogen-bond acceptors (Lipinski definition) is 5. The number of benzene rings is 1. The quantitative estimate of drug-likeness (QED) is 0.915. The number of nitrogen functional groups attached to an aromatic ring is 1. The third-order valence-electron chi connectivity index (χ3n) is 3.77. The summed E-state index contributed by atoms with van der Waals surface area (Å²) in [5.74, 6) is 0.269. The van der Waals surface area contributed by atoms with Gasteiger partial charge in [-0.1, -0.05) is 41.4 Å². The van der Waals surface area contributed by atoms with Gasteiger partial charge < -0.3 is 10.3 Å². The third-order valence-corrected chi connectivity index (χ3v) is 6.28. The predicted octanol–water partition coefficient (Wildman–Crippen LogP) is 3.22. The van der Waals surface area contributed by atoms with E-state index in [9.17, 15) is 8.42 Å². The lowest BCUT2D eigenvalue weighted by atomic mass is 10.0. The zero-order valence-corrected chi connectivity index (χ0v) is 12.8. The summed E-state index contributed by atoms with van der Waals surface area (Å²) in [6, 6.07) is 7.12. The highest BCUT2D eigenvalue weighted by Gasteiger charge is 2.36. The van der Waals surface area contributed by atoms with Gasteiger partial charge in [0.05, 0.1) is 11.3 Å². The van der Waals surface area contributed by atoms with Crippen LogP contribution in [0.2, 0.25) is 5.02 Å². The van der Waals surface area contributed by atoms with E-state index in [4.69, 9.17) is 21.9 Å². The molecule has 2 N–H and O–H groups in total. The zero-order valence-electron chi connectivity index (χ0n) is 11.3. The molecule has 21 heavy (non-hydrogen) atoms. The van der Waals surface area contributed by atoms with Crippen molar-refractivity contribution in [2.75, 3.05) is 11.5 Å². The first kappa shape index (κ1) is 14.4. The molecule has 1 aromatic heterocycles. The minimum Gasteiger partial charge on any atom is -0.367 e. The summed E-state index contributed by atoms with van der Waals surface area (Å²) in [4.78, 5) is 0. The molecule has 2 aromatic rings. The van der Waals surface area contributed by atoms with Crippen molar-refractivity contribution in [1.82, 2.24) is 5.16 Å². The van der Waals surface area contributed by atoms with Crippen molar-refractivity contribution in [3.63, 3.8) is 0 Å². The minimum absolute atomic E-state index is 0.0962. The van der Waals surface area contributed by atoms with Crippen LogP contribution in [0.3, 0.4) is 0 Å². The Morgan fingerprint density at radius 1 is 1.29 bits per heavy atom. The van der Waals surface area contributed by atoms with Crippen LogP contribution in [0.4, 0.5) is 5.88 Å². The molecule has 1 aliphatic rings. The van der Waals surface area contributed by atoms with Gasteiger partial charge in [0.1, 0.15) is 10.9 Å². The van der Waals surface area contributed by atoms with Crippen LogP contribution < -0.4 is 5.73 Å². The average Bonchev–Trinajstić information content (AvgIpc) is 2.80. The molecule has 0 spiro atoms. The topological polar surface area (TPSA) is 86.2 Å². The number of aromatic nitrogens is 1. The lowest BCUT2D eigenvalue weighted by Gasteiger charge is -2.21. The van der Waals surface area contributed by atoms with E-state index >= 15 is 0 Å². The van der Waals surface area contributed by atoms with Gasteiger partial charge >= 0.3 is 0 Å². The van der Waals surface area contributed by atoms with Gasteiger partial charge in [-0.2, -0.15) is 0 Å². The zero-order chi connectivity index (χ0) is 15.0. The van der Waals surface area contributed by atoms with E-state index in [0.29, 0.717) is 34.7 Å². The lowest BCUT2D eigenvalue weighted by molar-refractivity contribution is 0.421. The molecule has 1 fully saturated rings. The molecule has 0 radical (unpaired) electrons. The fourth-order valence-corrected chi connectivity index (χ4v) is 4.88. The molecule has 112 valence electrons. The Balaban J connectivity index is 2.16. The van der Waals surface area contributed by atoms with E-state index in [0.717, 1.165) is 6.42 Å². The summed E-state index contributed by atoms with van der Waals surface area (Å²) in [5.41, 5.74) is 7.37. The van der Waals surface area contributed by atoms with Crippen LogP contribution in [0.1, 0.15) is 30.2 Å². The van der Waals surface area contributed by atoms with Gasteiger partial charge in [0.2, 0.25) is 5.88 Å². The van der Waals surface area contributed by atoms with E-state index in [1.807, 2.05) is 6.07 Å². The molecule has 3 rings (SSSR count). The van der Waals surface area contributed by atoms with Gasteiger partial charge in [-0.15, -0.1) is 0 Å². The fraction of sp³-hybridized carbons (Fsp3) is 0.357. The van der Waals surface area contributed by atoms with E-state index in [-0.39, 0.29) is 11.6 Å². The van der Waals surface area contributed by atoms with Gasteiger partial charge in [0, 0.05) is 10.6 Å². The van der Waals surface area contributed by atoms with E-state index in [1.165, 1.54) is 0 Å². The lowest BCUT2D eigenvalue weighted by Crippen LogP contribution is -2.22. The number of hydrogen-bond donors (Lipinski definition) is 1. The molecule has 1 saturated heterocycles. The van der Waals surface area contributed by atoms with E-state index in [2.05, 4.69) is 5.16 Å². The molecule has 0 amide bonds. The Bertz CT molecular complexity index is 770. The van der Waals surface area contributed by atoms with Crippen molar-refractivity contribution in [2.24, 2.45) is 0 Å². The second-order valence-electron chi connectivity index (χ2n) is 5.14. The Morgan fingerprint density at radius 2 is 2.05 bits per heavy atom. The van der Waals surface area contributed by atoms with Gasteiger partial charge in [0.15, 0.2) is 9.84 Å². The molecule has 1 atom stereocenters.